The summed E-state index contributed by atoms with van der Waals surface area (Å²) in [6.45, 7) is 4.88. The molecule has 1 aromatic heterocycles. The number of ether oxygens (including phenoxy) is 2. The number of rotatable bonds is 8. The minimum atomic E-state index is -0.973. The average Bonchev–Trinajstić information content (AvgIpc) is 3.46. The Balaban J connectivity index is 1.39. The number of nitrogens with one attached hydrogen (secondary N) is 3. The molecule has 1 spiro atoms. The van der Waals surface area contributed by atoms with Gasteiger partial charge in [-0.3, -0.25) is 19.1 Å². The fourth-order valence-corrected chi connectivity index (χ4v) is 5.46. The molecule has 1 atom stereocenters. The molecule has 2 aromatic carbocycles. The van der Waals surface area contributed by atoms with Gasteiger partial charge < -0.3 is 25.4 Å². The van der Waals surface area contributed by atoms with E-state index in [1.54, 1.807) is 43.4 Å². The summed E-state index contributed by atoms with van der Waals surface area (Å²) >= 11 is 6.49. The van der Waals surface area contributed by atoms with Gasteiger partial charge in [0.05, 0.1) is 11.5 Å². The fourth-order valence-electron chi connectivity index (χ4n) is 5.26. The van der Waals surface area contributed by atoms with Gasteiger partial charge in [-0.25, -0.2) is 0 Å². The topological polar surface area (TPSA) is 124 Å². The Morgan fingerprint density at radius 2 is 1.95 bits per heavy atom. The van der Waals surface area contributed by atoms with Crippen molar-refractivity contribution >= 4 is 40.7 Å². The fraction of sp³-hybridized carbons (Fsp3) is 0.379. The van der Waals surface area contributed by atoms with E-state index in [4.69, 9.17) is 21.1 Å². The molecule has 40 heavy (non-hydrogen) atoms. The zero-order valence-corrected chi connectivity index (χ0v) is 23.4. The largest absolute Gasteiger partial charge is 0.491 e. The molecule has 5 rings (SSSR count). The van der Waals surface area contributed by atoms with Crippen LogP contribution in [0.5, 0.6) is 5.75 Å². The van der Waals surface area contributed by atoms with E-state index in [1.807, 2.05) is 19.9 Å². The van der Waals surface area contributed by atoms with E-state index >= 15 is 0 Å². The van der Waals surface area contributed by atoms with E-state index in [9.17, 15) is 14.4 Å². The zero-order valence-electron chi connectivity index (χ0n) is 22.6. The Hall–Kier alpha value is -3.89. The highest BCUT2D eigenvalue weighted by atomic mass is 35.5. The number of benzene rings is 2. The summed E-state index contributed by atoms with van der Waals surface area (Å²) in [5.74, 6) is -0.322. The first-order valence-corrected chi connectivity index (χ1v) is 13.6. The molecule has 0 saturated carbocycles. The second kappa shape index (κ2) is 11.3. The van der Waals surface area contributed by atoms with Crippen molar-refractivity contribution < 1.29 is 23.9 Å². The summed E-state index contributed by atoms with van der Waals surface area (Å²) < 4.78 is 12.7. The molecule has 1 fully saturated rings. The number of amides is 3. The number of hydrogen-bond acceptors (Lipinski definition) is 6. The number of hydrogen-bond donors (Lipinski definition) is 3. The maximum atomic E-state index is 13.6. The van der Waals surface area contributed by atoms with Crippen LogP contribution < -0.4 is 20.7 Å². The number of carbonyl (C=O) groups excluding carboxylic acids is 3. The van der Waals surface area contributed by atoms with Gasteiger partial charge in [-0.05, 0) is 74.2 Å². The normalized spacial score (nSPS) is 16.4. The predicted molar refractivity (Wildman–Crippen MR) is 151 cm³/mol. The first kappa shape index (κ1) is 27.7. The van der Waals surface area contributed by atoms with Crippen LogP contribution in [0.25, 0.3) is 0 Å². The van der Waals surface area contributed by atoms with Gasteiger partial charge in [0, 0.05) is 49.3 Å². The van der Waals surface area contributed by atoms with Crippen LogP contribution in [-0.2, 0) is 33.2 Å². The molecule has 2 aliphatic rings. The third-order valence-corrected chi connectivity index (χ3v) is 7.69. The number of halogens is 1. The molecule has 0 radical (unpaired) electrons. The van der Waals surface area contributed by atoms with Gasteiger partial charge in [0.25, 0.3) is 5.91 Å². The highest BCUT2D eigenvalue weighted by molar-refractivity contribution is 6.31. The van der Waals surface area contributed by atoms with Crippen LogP contribution in [0.3, 0.4) is 0 Å². The summed E-state index contributed by atoms with van der Waals surface area (Å²) in [7, 11) is 1.65. The lowest BCUT2D eigenvalue weighted by molar-refractivity contribution is -0.124. The average molecular weight is 566 g/mol. The van der Waals surface area contributed by atoms with Gasteiger partial charge in [-0.2, -0.15) is 5.10 Å². The Kier molecular flexibility index (Phi) is 7.82. The molecule has 3 N–H and O–H groups in total. The lowest BCUT2D eigenvalue weighted by atomic mass is 9.75. The molecule has 0 aliphatic carbocycles. The lowest BCUT2D eigenvalue weighted by Gasteiger charge is -2.31. The monoisotopic (exact) mass is 565 g/mol. The standard InChI is InChI=1S/C29H32ClN5O5/c1-17(2)40-20-5-7-22(30)18(14-20)15-24(33-27(37)25-8-11-31-35(25)3)26(36)32-19-4-6-21-23(16-19)34-28(38)29(21)9-12-39-13-10-29/h4-8,11,14,16-17,24H,9-10,12-13,15H2,1-3H3,(H,32,36)(H,33,37)(H,34,38). The van der Waals surface area contributed by atoms with Crippen LogP contribution in [0.4, 0.5) is 11.4 Å². The highest BCUT2D eigenvalue weighted by Crippen LogP contribution is 2.45. The molecule has 1 saturated heterocycles. The maximum absolute atomic E-state index is 13.6. The third kappa shape index (κ3) is 5.55. The number of fused-ring (bicyclic) bond motifs is 2. The smallest absolute Gasteiger partial charge is 0.270 e. The van der Waals surface area contributed by atoms with Crippen molar-refractivity contribution in [2.45, 2.75) is 50.7 Å². The first-order valence-electron chi connectivity index (χ1n) is 13.2. The quantitative estimate of drug-likeness (QED) is 0.381. The van der Waals surface area contributed by atoms with E-state index in [2.05, 4.69) is 21.0 Å². The summed E-state index contributed by atoms with van der Waals surface area (Å²) in [6, 6.07) is 11.2. The van der Waals surface area contributed by atoms with E-state index in [0.717, 1.165) is 5.56 Å². The number of aryl methyl sites for hydroxylation is 1. The Morgan fingerprint density at radius 3 is 2.65 bits per heavy atom. The molecule has 210 valence electrons. The first-order chi connectivity index (χ1) is 19.2. The van der Waals surface area contributed by atoms with Crippen LogP contribution in [0, 0.1) is 0 Å². The molecule has 3 aromatic rings. The number of anilines is 2. The molecule has 2 aliphatic heterocycles. The molecular formula is C29H32ClN5O5. The van der Waals surface area contributed by atoms with Crippen LogP contribution >= 0.6 is 11.6 Å². The molecule has 1 unspecified atom stereocenters. The van der Waals surface area contributed by atoms with Gasteiger partial charge in [0.1, 0.15) is 17.5 Å². The van der Waals surface area contributed by atoms with Crippen molar-refractivity contribution in [3.05, 3.63) is 70.5 Å². The number of carbonyl (C=O) groups is 3. The zero-order chi connectivity index (χ0) is 28.4. The van der Waals surface area contributed by atoms with Gasteiger partial charge in [0.2, 0.25) is 11.8 Å². The van der Waals surface area contributed by atoms with Crippen LogP contribution in [0.15, 0.2) is 48.7 Å². The molecule has 3 heterocycles. The van der Waals surface area contributed by atoms with E-state index in [0.29, 0.717) is 59.5 Å². The van der Waals surface area contributed by atoms with Crippen molar-refractivity contribution in [1.82, 2.24) is 15.1 Å². The minimum Gasteiger partial charge on any atom is -0.491 e. The van der Waals surface area contributed by atoms with Gasteiger partial charge >= 0.3 is 0 Å². The second-order valence-electron chi connectivity index (χ2n) is 10.4. The van der Waals surface area contributed by atoms with Crippen LogP contribution in [0.1, 0.15) is 48.3 Å². The molecule has 10 nitrogen and oxygen atoms in total. The van der Waals surface area contributed by atoms with Crippen LogP contribution in [0.2, 0.25) is 5.02 Å². The Morgan fingerprint density at radius 1 is 1.18 bits per heavy atom. The lowest BCUT2D eigenvalue weighted by Crippen LogP contribution is -2.45. The summed E-state index contributed by atoms with van der Waals surface area (Å²) in [4.78, 5) is 39.6. The summed E-state index contributed by atoms with van der Waals surface area (Å²) in [5.41, 5.74) is 2.43. The Labute approximate surface area is 237 Å². The SMILES string of the molecule is CC(C)Oc1ccc(Cl)c(CC(NC(=O)c2ccnn2C)C(=O)Nc2ccc3c(c2)NC(=O)C32CCOCC2)c1. The minimum absolute atomic E-state index is 0.0433. The maximum Gasteiger partial charge on any atom is 0.270 e. The van der Waals surface area contributed by atoms with Gasteiger partial charge in [-0.1, -0.05) is 17.7 Å². The van der Waals surface area contributed by atoms with E-state index < -0.39 is 23.3 Å². The van der Waals surface area contributed by atoms with E-state index in [-0.39, 0.29) is 18.4 Å². The van der Waals surface area contributed by atoms with Gasteiger partial charge in [0.15, 0.2) is 0 Å². The van der Waals surface area contributed by atoms with Crippen molar-refractivity contribution in [2.24, 2.45) is 7.05 Å². The molecule has 3 amide bonds. The van der Waals surface area contributed by atoms with Crippen LogP contribution in [-0.4, -0.2) is 52.9 Å². The van der Waals surface area contributed by atoms with E-state index in [1.165, 1.54) is 10.9 Å². The molecule has 0 bridgehead atoms. The molecule has 11 heteroatoms. The number of aromatic nitrogens is 2. The molecular weight excluding hydrogens is 534 g/mol. The number of nitrogens with zero attached hydrogens (tertiary/aromatic N) is 2. The van der Waals surface area contributed by atoms with Crippen molar-refractivity contribution in [3.63, 3.8) is 0 Å². The summed E-state index contributed by atoms with van der Waals surface area (Å²) in [6.07, 6.45) is 2.81. The van der Waals surface area contributed by atoms with Crippen molar-refractivity contribution in [3.8, 4) is 5.75 Å². The highest BCUT2D eigenvalue weighted by Gasteiger charge is 2.47. The van der Waals surface area contributed by atoms with Crippen molar-refractivity contribution in [1.29, 1.82) is 0 Å². The second-order valence-corrected chi connectivity index (χ2v) is 10.8. The van der Waals surface area contributed by atoms with Gasteiger partial charge in [-0.15, -0.1) is 0 Å². The third-order valence-electron chi connectivity index (χ3n) is 7.32. The summed E-state index contributed by atoms with van der Waals surface area (Å²) in [5, 5.41) is 13.2. The van der Waals surface area contributed by atoms with Crippen molar-refractivity contribution in [2.75, 3.05) is 23.8 Å². The predicted octanol–water partition coefficient (Wildman–Crippen LogP) is 3.84. The Bertz CT molecular complexity index is 1450.